The smallest absolute Gasteiger partial charge is 0.252 e. The van der Waals surface area contributed by atoms with Crippen LogP contribution < -0.4 is 25.3 Å². The zero-order valence-electron chi connectivity index (χ0n) is 17.7. The number of aliphatic hydroxyl groups is 1. The summed E-state index contributed by atoms with van der Waals surface area (Å²) in [6.07, 6.45) is -0.709. The number of aromatic hydroxyl groups is 1. The van der Waals surface area contributed by atoms with Crippen molar-refractivity contribution >= 4 is 5.91 Å². The number of rotatable bonds is 14. The van der Waals surface area contributed by atoms with Gasteiger partial charge in [-0.3, -0.25) is 4.79 Å². The minimum absolute atomic E-state index is 0.0369. The standard InChI is InChI=1S/C22H30N2O7/c1-15(13-30-19-7-8-20(22(23)27)21(26)11-19)24-12-16(25)14-31-18-5-3-17(4-6-18)29-10-9-28-2/h3-8,11,15-16,24-26H,9-10,12-14H2,1-2H3,(H2,23,27). The van der Waals surface area contributed by atoms with Crippen LogP contribution >= 0.6 is 0 Å². The van der Waals surface area contributed by atoms with Gasteiger partial charge in [-0.1, -0.05) is 0 Å². The topological polar surface area (TPSA) is 132 Å². The molecule has 0 bridgehead atoms. The van der Waals surface area contributed by atoms with Crippen LogP contribution in [-0.2, 0) is 4.74 Å². The molecule has 2 rings (SSSR count). The molecule has 2 aromatic carbocycles. The van der Waals surface area contributed by atoms with Crippen molar-refractivity contribution in [2.24, 2.45) is 5.73 Å². The highest BCUT2D eigenvalue weighted by molar-refractivity contribution is 5.95. The molecule has 2 atom stereocenters. The normalized spacial score (nSPS) is 12.7. The summed E-state index contributed by atoms with van der Waals surface area (Å²) in [4.78, 5) is 11.1. The number of nitrogens with one attached hydrogen (secondary N) is 1. The van der Waals surface area contributed by atoms with Gasteiger partial charge in [-0.2, -0.15) is 0 Å². The second kappa shape index (κ2) is 12.6. The zero-order valence-corrected chi connectivity index (χ0v) is 17.7. The predicted molar refractivity (Wildman–Crippen MR) is 115 cm³/mol. The van der Waals surface area contributed by atoms with Crippen molar-refractivity contribution in [3.05, 3.63) is 48.0 Å². The van der Waals surface area contributed by atoms with Crippen LogP contribution in [0, 0.1) is 0 Å². The average Bonchev–Trinajstić information content (AvgIpc) is 2.75. The zero-order chi connectivity index (χ0) is 22.6. The van der Waals surface area contributed by atoms with Crippen LogP contribution in [0.5, 0.6) is 23.0 Å². The number of aliphatic hydroxyl groups excluding tert-OH is 1. The molecule has 2 unspecified atom stereocenters. The van der Waals surface area contributed by atoms with E-state index < -0.39 is 12.0 Å². The monoisotopic (exact) mass is 434 g/mol. The number of phenols is 1. The molecule has 0 saturated heterocycles. The number of nitrogens with two attached hydrogens (primary N) is 1. The molecule has 0 heterocycles. The van der Waals surface area contributed by atoms with Crippen molar-refractivity contribution in [3.63, 3.8) is 0 Å². The van der Waals surface area contributed by atoms with Gasteiger partial charge >= 0.3 is 0 Å². The molecule has 0 aliphatic heterocycles. The first-order valence-corrected chi connectivity index (χ1v) is 9.90. The minimum atomic E-state index is -0.709. The molecule has 2 aromatic rings. The van der Waals surface area contributed by atoms with Crippen LogP contribution in [0.25, 0.3) is 0 Å². The Balaban J connectivity index is 1.66. The predicted octanol–water partition coefficient (Wildman–Crippen LogP) is 1.31. The number of carbonyl (C=O) groups is 1. The number of hydrogen-bond donors (Lipinski definition) is 4. The molecule has 0 radical (unpaired) electrons. The summed E-state index contributed by atoms with van der Waals surface area (Å²) in [5.74, 6) is 0.829. The molecule has 0 aliphatic rings. The number of hydrogen-bond acceptors (Lipinski definition) is 8. The number of primary amides is 1. The molecular formula is C22H30N2O7. The average molecular weight is 434 g/mol. The van der Waals surface area contributed by atoms with E-state index in [1.54, 1.807) is 37.4 Å². The van der Waals surface area contributed by atoms with Crippen molar-refractivity contribution in [2.45, 2.75) is 19.1 Å². The first kappa shape index (κ1) is 24.3. The summed E-state index contributed by atoms with van der Waals surface area (Å²) in [6.45, 7) is 3.64. The van der Waals surface area contributed by atoms with E-state index in [9.17, 15) is 15.0 Å². The molecule has 0 aromatic heterocycles. The van der Waals surface area contributed by atoms with Gasteiger partial charge in [0.05, 0.1) is 12.2 Å². The van der Waals surface area contributed by atoms with Gasteiger partial charge in [0, 0.05) is 25.8 Å². The van der Waals surface area contributed by atoms with Gasteiger partial charge in [-0.05, 0) is 43.3 Å². The number of amides is 1. The minimum Gasteiger partial charge on any atom is -0.507 e. The van der Waals surface area contributed by atoms with Gasteiger partial charge < -0.3 is 40.2 Å². The van der Waals surface area contributed by atoms with Crippen molar-refractivity contribution < 1.29 is 34.0 Å². The highest BCUT2D eigenvalue weighted by atomic mass is 16.5. The van der Waals surface area contributed by atoms with Crippen LogP contribution in [0.3, 0.4) is 0 Å². The van der Waals surface area contributed by atoms with E-state index in [0.29, 0.717) is 37.9 Å². The molecule has 0 fully saturated rings. The molecule has 1 amide bonds. The SMILES string of the molecule is COCCOc1ccc(OCC(O)CNC(C)COc2ccc(C(N)=O)c(O)c2)cc1. The Kier molecular flexibility index (Phi) is 9.89. The van der Waals surface area contributed by atoms with E-state index in [0.717, 1.165) is 5.75 Å². The van der Waals surface area contributed by atoms with E-state index in [1.165, 1.54) is 12.1 Å². The van der Waals surface area contributed by atoms with Crippen LogP contribution in [-0.4, -0.2) is 68.3 Å². The third-order valence-corrected chi connectivity index (χ3v) is 4.26. The Morgan fingerprint density at radius 1 is 1.00 bits per heavy atom. The van der Waals surface area contributed by atoms with Crippen LogP contribution in [0.4, 0.5) is 0 Å². The summed E-state index contributed by atoms with van der Waals surface area (Å²) in [5.41, 5.74) is 5.19. The van der Waals surface area contributed by atoms with Gasteiger partial charge in [-0.25, -0.2) is 0 Å². The second-order valence-corrected chi connectivity index (χ2v) is 6.94. The molecule has 170 valence electrons. The van der Waals surface area contributed by atoms with Gasteiger partial charge in [0.2, 0.25) is 0 Å². The second-order valence-electron chi connectivity index (χ2n) is 6.94. The van der Waals surface area contributed by atoms with E-state index in [-0.39, 0.29) is 24.0 Å². The molecule has 0 saturated carbocycles. The largest absolute Gasteiger partial charge is 0.507 e. The Morgan fingerprint density at radius 2 is 1.61 bits per heavy atom. The van der Waals surface area contributed by atoms with E-state index in [1.807, 2.05) is 6.92 Å². The fraction of sp³-hybridized carbons (Fsp3) is 0.409. The van der Waals surface area contributed by atoms with Crippen LogP contribution in [0.15, 0.2) is 42.5 Å². The lowest BCUT2D eigenvalue weighted by Gasteiger charge is -2.18. The third kappa shape index (κ3) is 8.71. The van der Waals surface area contributed by atoms with E-state index in [2.05, 4.69) is 5.32 Å². The van der Waals surface area contributed by atoms with Crippen molar-refractivity contribution in [1.29, 1.82) is 0 Å². The lowest BCUT2D eigenvalue weighted by atomic mass is 10.2. The number of benzene rings is 2. The molecule has 0 aliphatic carbocycles. The number of ether oxygens (including phenoxy) is 4. The Hall–Kier alpha value is -3.01. The molecule has 9 nitrogen and oxygen atoms in total. The first-order valence-electron chi connectivity index (χ1n) is 9.90. The maximum atomic E-state index is 11.1. The first-order chi connectivity index (χ1) is 14.9. The summed E-state index contributed by atoms with van der Waals surface area (Å²) in [5, 5.41) is 23.0. The summed E-state index contributed by atoms with van der Waals surface area (Å²) in [6, 6.07) is 11.4. The highest BCUT2D eigenvalue weighted by Gasteiger charge is 2.11. The Morgan fingerprint density at radius 3 is 2.23 bits per heavy atom. The van der Waals surface area contributed by atoms with Crippen molar-refractivity contribution in [2.75, 3.05) is 40.1 Å². The fourth-order valence-electron chi connectivity index (χ4n) is 2.55. The Bertz CT molecular complexity index is 814. The summed E-state index contributed by atoms with van der Waals surface area (Å²) >= 11 is 0. The van der Waals surface area contributed by atoms with Crippen molar-refractivity contribution in [3.8, 4) is 23.0 Å². The maximum Gasteiger partial charge on any atom is 0.252 e. The van der Waals surface area contributed by atoms with Gasteiger partial charge in [0.25, 0.3) is 5.91 Å². The fourth-order valence-corrected chi connectivity index (χ4v) is 2.55. The molecule has 0 spiro atoms. The van der Waals surface area contributed by atoms with Crippen LogP contribution in [0.2, 0.25) is 0 Å². The summed E-state index contributed by atoms with van der Waals surface area (Å²) < 4.78 is 21.6. The molecule has 9 heteroatoms. The van der Waals surface area contributed by atoms with Gasteiger partial charge in [0.15, 0.2) is 0 Å². The lowest BCUT2D eigenvalue weighted by molar-refractivity contribution is 0.0997. The van der Waals surface area contributed by atoms with Gasteiger partial charge in [-0.15, -0.1) is 0 Å². The van der Waals surface area contributed by atoms with Crippen LogP contribution in [0.1, 0.15) is 17.3 Å². The van der Waals surface area contributed by atoms with E-state index >= 15 is 0 Å². The molecule has 5 N–H and O–H groups in total. The lowest BCUT2D eigenvalue weighted by Crippen LogP contribution is -2.39. The molecule has 31 heavy (non-hydrogen) atoms. The maximum absolute atomic E-state index is 11.1. The highest BCUT2D eigenvalue weighted by Crippen LogP contribution is 2.23. The number of carbonyl (C=O) groups excluding carboxylic acids is 1. The number of methoxy groups -OCH3 is 1. The van der Waals surface area contributed by atoms with E-state index in [4.69, 9.17) is 24.7 Å². The van der Waals surface area contributed by atoms with Crippen molar-refractivity contribution in [1.82, 2.24) is 5.32 Å². The van der Waals surface area contributed by atoms with Gasteiger partial charge in [0.1, 0.15) is 48.9 Å². The molecular weight excluding hydrogens is 404 g/mol. The Labute approximate surface area is 181 Å². The quantitative estimate of drug-likeness (QED) is 0.327. The summed E-state index contributed by atoms with van der Waals surface area (Å²) in [7, 11) is 1.62. The third-order valence-electron chi connectivity index (χ3n) is 4.26.